The average molecular weight is 308 g/mol. The smallest absolute Gasteiger partial charge is 0.361 e. The molecule has 0 aliphatic rings. The van der Waals surface area contributed by atoms with E-state index in [2.05, 4.69) is 0 Å². The summed E-state index contributed by atoms with van der Waals surface area (Å²) in [5, 5.41) is 16.4. The van der Waals surface area contributed by atoms with E-state index in [1.807, 2.05) is 0 Å². The van der Waals surface area contributed by atoms with Crippen LogP contribution in [0.4, 0.5) is 39.5 Å². The highest BCUT2D eigenvalue weighted by Crippen LogP contribution is 2.55. The first-order valence-electron chi connectivity index (χ1n) is 4.10. The van der Waals surface area contributed by atoms with Crippen LogP contribution in [0, 0.1) is 0 Å². The van der Waals surface area contributed by atoms with Crippen LogP contribution in [0.5, 0.6) is 0 Å². The van der Waals surface area contributed by atoms with Crippen LogP contribution in [0.25, 0.3) is 0 Å². The number of hydrogen-bond donors (Lipinski definition) is 2. The second-order valence-corrected chi connectivity index (χ2v) is 3.59. The minimum absolute atomic E-state index is 0.494. The number of alkyl halides is 8. The Morgan fingerprint density at radius 1 is 0.789 bits per heavy atom. The number of carbonyl (C=O) groups is 1. The van der Waals surface area contributed by atoms with Crippen LogP contribution in [-0.2, 0) is 4.79 Å². The normalized spacial score (nSPS) is 15.6. The van der Waals surface area contributed by atoms with Crippen molar-refractivity contribution in [3.63, 3.8) is 0 Å². The molecule has 0 bridgehead atoms. The van der Waals surface area contributed by atoms with E-state index >= 15 is 0 Å². The SMILES string of the molecule is CC(O)(O)C(F)(F)C(F)(F)C(F)(F)C(F)(F)C(=O)F. The van der Waals surface area contributed by atoms with Crippen molar-refractivity contribution >= 4 is 6.04 Å². The van der Waals surface area contributed by atoms with Gasteiger partial charge in [-0.2, -0.15) is 39.5 Å². The summed E-state index contributed by atoms with van der Waals surface area (Å²) >= 11 is 0. The molecule has 0 amide bonds. The molecule has 114 valence electrons. The van der Waals surface area contributed by atoms with E-state index in [9.17, 15) is 44.3 Å². The standard InChI is InChI=1S/C7H5F9O3/c1-3(18,19)5(11,12)7(15,16)6(13,14)4(9,10)2(8)17/h18-19H,1H3. The van der Waals surface area contributed by atoms with Crippen molar-refractivity contribution in [2.24, 2.45) is 0 Å². The van der Waals surface area contributed by atoms with Crippen molar-refractivity contribution in [2.45, 2.75) is 36.4 Å². The lowest BCUT2D eigenvalue weighted by Crippen LogP contribution is -2.69. The molecule has 0 saturated heterocycles. The summed E-state index contributed by atoms with van der Waals surface area (Å²) in [7, 11) is 0. The number of hydrogen-bond acceptors (Lipinski definition) is 3. The fourth-order valence-electron chi connectivity index (χ4n) is 0.815. The summed E-state index contributed by atoms with van der Waals surface area (Å²) in [6.07, 6.45) is 0. The van der Waals surface area contributed by atoms with E-state index in [4.69, 9.17) is 10.2 Å². The molecule has 0 rings (SSSR count). The Hall–Kier alpha value is -1.04. The van der Waals surface area contributed by atoms with E-state index in [1.165, 1.54) is 0 Å². The lowest BCUT2D eigenvalue weighted by molar-refractivity contribution is -0.416. The molecule has 0 heterocycles. The van der Waals surface area contributed by atoms with Gasteiger partial charge in [0, 0.05) is 0 Å². The van der Waals surface area contributed by atoms with Gasteiger partial charge in [-0.05, 0) is 6.92 Å². The Bertz CT molecular complexity index is 370. The van der Waals surface area contributed by atoms with Gasteiger partial charge in [0.05, 0.1) is 0 Å². The Balaban J connectivity index is 5.99. The van der Waals surface area contributed by atoms with Crippen molar-refractivity contribution in [3.8, 4) is 0 Å². The molecule has 0 fully saturated rings. The van der Waals surface area contributed by atoms with Gasteiger partial charge in [0.2, 0.25) is 5.79 Å². The summed E-state index contributed by atoms with van der Waals surface area (Å²) in [5.74, 6) is -32.5. The summed E-state index contributed by atoms with van der Waals surface area (Å²) in [5.41, 5.74) is 0. The molecule has 0 radical (unpaired) electrons. The van der Waals surface area contributed by atoms with Gasteiger partial charge in [-0.3, -0.25) is 4.79 Å². The van der Waals surface area contributed by atoms with Gasteiger partial charge in [-0.15, -0.1) is 0 Å². The van der Waals surface area contributed by atoms with Gasteiger partial charge in [-0.1, -0.05) is 0 Å². The van der Waals surface area contributed by atoms with Crippen LogP contribution in [0.15, 0.2) is 0 Å². The third-order valence-corrected chi connectivity index (χ3v) is 2.02. The van der Waals surface area contributed by atoms with Crippen molar-refractivity contribution < 1.29 is 54.5 Å². The Morgan fingerprint density at radius 3 is 1.32 bits per heavy atom. The molecule has 0 saturated carbocycles. The van der Waals surface area contributed by atoms with Crippen LogP contribution in [-0.4, -0.2) is 45.7 Å². The van der Waals surface area contributed by atoms with Gasteiger partial charge in [-0.25, -0.2) is 0 Å². The fraction of sp³-hybridized carbons (Fsp3) is 0.857. The summed E-state index contributed by atoms with van der Waals surface area (Å²) in [6, 6.07) is -4.29. The number of carbonyl (C=O) groups excluding carboxylic acids is 1. The predicted octanol–water partition coefficient (Wildman–Crippen LogP) is 1.72. The molecule has 2 N–H and O–H groups in total. The number of rotatable bonds is 5. The zero-order valence-electron chi connectivity index (χ0n) is 8.70. The molecule has 0 spiro atoms. The molecule has 0 atom stereocenters. The first-order valence-corrected chi connectivity index (χ1v) is 4.10. The Labute approximate surface area is 98.2 Å². The van der Waals surface area contributed by atoms with E-state index in [0.717, 1.165) is 0 Å². The number of aliphatic hydroxyl groups is 2. The third kappa shape index (κ3) is 2.26. The highest BCUT2D eigenvalue weighted by atomic mass is 19.4. The van der Waals surface area contributed by atoms with Crippen molar-refractivity contribution in [1.82, 2.24) is 0 Å². The predicted molar refractivity (Wildman–Crippen MR) is 38.7 cm³/mol. The minimum atomic E-state index is -7.21. The quantitative estimate of drug-likeness (QED) is 0.462. The molecular formula is C7H5F9O3. The van der Waals surface area contributed by atoms with Gasteiger partial charge < -0.3 is 10.2 Å². The molecule has 0 unspecified atom stereocenters. The molecule has 0 aromatic heterocycles. The fourth-order valence-corrected chi connectivity index (χ4v) is 0.815. The molecule has 3 nitrogen and oxygen atoms in total. The summed E-state index contributed by atoms with van der Waals surface area (Å²) in [6.45, 7) is -0.494. The Morgan fingerprint density at radius 2 is 1.11 bits per heavy atom. The molecule has 0 aromatic carbocycles. The highest BCUT2D eigenvalue weighted by molar-refractivity contribution is 5.78. The molecular weight excluding hydrogens is 303 g/mol. The summed E-state index contributed by atoms with van der Waals surface area (Å²) < 4.78 is 112. The maximum absolute atomic E-state index is 12.7. The maximum Gasteiger partial charge on any atom is 0.404 e. The molecule has 0 aliphatic carbocycles. The van der Waals surface area contributed by atoms with Crippen LogP contribution < -0.4 is 0 Å². The molecule has 19 heavy (non-hydrogen) atoms. The Kier molecular flexibility index (Phi) is 4.00. The second kappa shape index (κ2) is 4.23. The third-order valence-electron chi connectivity index (χ3n) is 2.02. The van der Waals surface area contributed by atoms with Crippen molar-refractivity contribution in [2.75, 3.05) is 0 Å². The highest BCUT2D eigenvalue weighted by Gasteiger charge is 2.86. The second-order valence-electron chi connectivity index (χ2n) is 3.59. The molecule has 12 heteroatoms. The molecule has 0 aliphatic heterocycles. The van der Waals surface area contributed by atoms with Gasteiger partial charge >= 0.3 is 29.7 Å². The van der Waals surface area contributed by atoms with Crippen LogP contribution in [0.3, 0.4) is 0 Å². The monoisotopic (exact) mass is 308 g/mol. The van der Waals surface area contributed by atoms with Crippen molar-refractivity contribution in [1.29, 1.82) is 0 Å². The topological polar surface area (TPSA) is 57.5 Å². The van der Waals surface area contributed by atoms with E-state index in [1.54, 1.807) is 0 Å². The van der Waals surface area contributed by atoms with Gasteiger partial charge in [0.25, 0.3) is 0 Å². The summed E-state index contributed by atoms with van der Waals surface area (Å²) in [4.78, 5) is 9.54. The molecule has 0 aromatic rings. The van der Waals surface area contributed by atoms with Gasteiger partial charge in [0.15, 0.2) is 0 Å². The zero-order chi connectivity index (χ0) is 16.1. The lowest BCUT2D eigenvalue weighted by Gasteiger charge is -2.38. The van der Waals surface area contributed by atoms with E-state index in [0.29, 0.717) is 0 Å². The zero-order valence-corrected chi connectivity index (χ0v) is 8.70. The van der Waals surface area contributed by atoms with Gasteiger partial charge in [0.1, 0.15) is 0 Å². The number of halogens is 9. The minimum Gasteiger partial charge on any atom is -0.361 e. The van der Waals surface area contributed by atoms with E-state index in [-0.39, 0.29) is 0 Å². The van der Waals surface area contributed by atoms with Crippen LogP contribution >= 0.6 is 0 Å². The van der Waals surface area contributed by atoms with Crippen LogP contribution in [0.2, 0.25) is 0 Å². The first-order chi connectivity index (χ1) is 7.94. The van der Waals surface area contributed by atoms with E-state index < -0.39 is 42.4 Å². The van der Waals surface area contributed by atoms with Crippen molar-refractivity contribution in [3.05, 3.63) is 0 Å². The first kappa shape index (κ1) is 18.0. The lowest BCUT2D eigenvalue weighted by atomic mass is 9.94. The maximum atomic E-state index is 12.7. The van der Waals surface area contributed by atoms with Crippen LogP contribution in [0.1, 0.15) is 6.92 Å². The average Bonchev–Trinajstić information content (AvgIpc) is 2.14. The largest absolute Gasteiger partial charge is 0.404 e.